The van der Waals surface area contributed by atoms with E-state index >= 15 is 0 Å². The van der Waals surface area contributed by atoms with Crippen LogP contribution in [0.5, 0.6) is 0 Å². The second-order valence-electron chi connectivity index (χ2n) is 5.16. The highest BCUT2D eigenvalue weighted by Gasteiger charge is 2.13. The maximum Gasteiger partial charge on any atom is 0.303 e. The van der Waals surface area contributed by atoms with Gasteiger partial charge in [0, 0.05) is 24.1 Å². The Bertz CT molecular complexity index is 692. The van der Waals surface area contributed by atoms with Crippen LogP contribution in [0.3, 0.4) is 0 Å². The zero-order valence-corrected chi connectivity index (χ0v) is 13.4. The Labute approximate surface area is 138 Å². The number of nitrogens with one attached hydrogen (secondary N) is 1. The molecule has 0 bridgehead atoms. The number of rotatable bonds is 7. The average molecular weight is 337 g/mol. The summed E-state index contributed by atoms with van der Waals surface area (Å²) in [7, 11) is 0. The van der Waals surface area contributed by atoms with Gasteiger partial charge in [0.1, 0.15) is 0 Å². The molecule has 2 N–H and O–H groups in total. The molecule has 0 aliphatic heterocycles. The van der Waals surface area contributed by atoms with Crippen LogP contribution in [-0.4, -0.2) is 22.1 Å². The van der Waals surface area contributed by atoms with E-state index in [0.717, 1.165) is 11.1 Å². The molecule has 0 aliphatic rings. The lowest BCUT2D eigenvalue weighted by molar-refractivity contribution is -0.137. The van der Waals surface area contributed by atoms with E-state index in [4.69, 9.17) is 21.2 Å². The summed E-state index contributed by atoms with van der Waals surface area (Å²) in [5, 5.41) is 15.4. The number of halogens is 1. The van der Waals surface area contributed by atoms with E-state index < -0.39 is 5.97 Å². The van der Waals surface area contributed by atoms with Gasteiger partial charge >= 0.3 is 5.97 Å². The largest absolute Gasteiger partial charge is 0.481 e. The van der Waals surface area contributed by atoms with Crippen LogP contribution < -0.4 is 5.32 Å². The van der Waals surface area contributed by atoms with Crippen LogP contribution in [0.25, 0.3) is 0 Å². The maximum absolute atomic E-state index is 12.0. The Morgan fingerprint density at radius 1 is 1.30 bits per heavy atom. The summed E-state index contributed by atoms with van der Waals surface area (Å²) in [5.74, 6) is -1.00. The Kier molecular flexibility index (Phi) is 5.76. The second kappa shape index (κ2) is 7.78. The van der Waals surface area contributed by atoms with Crippen molar-refractivity contribution in [3.8, 4) is 0 Å². The predicted octanol–water partition coefficient (Wildman–Crippen LogP) is 3.22. The first-order valence-electron chi connectivity index (χ1n) is 7.17. The zero-order chi connectivity index (χ0) is 16.8. The van der Waals surface area contributed by atoms with Crippen LogP contribution in [0.15, 0.2) is 28.8 Å². The molecule has 0 aliphatic carbocycles. The van der Waals surface area contributed by atoms with Crippen molar-refractivity contribution in [3.63, 3.8) is 0 Å². The molecular formula is C16H17ClN2O4. The van der Waals surface area contributed by atoms with Gasteiger partial charge in [-0.3, -0.25) is 9.59 Å². The topological polar surface area (TPSA) is 92.4 Å². The van der Waals surface area contributed by atoms with Crippen LogP contribution in [0.2, 0.25) is 5.22 Å². The first-order valence-corrected chi connectivity index (χ1v) is 7.54. The molecule has 6 nitrogen and oxygen atoms in total. The van der Waals surface area contributed by atoms with Gasteiger partial charge in [0.05, 0.1) is 5.69 Å². The molecule has 2 aromatic rings. The third-order valence-corrected chi connectivity index (χ3v) is 3.67. The highest BCUT2D eigenvalue weighted by atomic mass is 35.5. The average Bonchev–Trinajstić information content (AvgIpc) is 2.82. The normalized spacial score (nSPS) is 10.5. The van der Waals surface area contributed by atoms with E-state index in [9.17, 15) is 9.59 Å². The highest BCUT2D eigenvalue weighted by Crippen LogP contribution is 2.21. The summed E-state index contributed by atoms with van der Waals surface area (Å²) < 4.78 is 4.84. The van der Waals surface area contributed by atoms with Crippen LogP contribution >= 0.6 is 11.6 Å². The van der Waals surface area contributed by atoms with Gasteiger partial charge in [-0.15, -0.1) is 0 Å². The molecule has 0 saturated carbocycles. The number of aryl methyl sites for hydroxylation is 2. The van der Waals surface area contributed by atoms with Crippen molar-refractivity contribution in [1.29, 1.82) is 0 Å². The monoisotopic (exact) mass is 336 g/mol. The fraction of sp³-hybridized carbons (Fsp3) is 0.312. The molecule has 1 aromatic heterocycles. The fourth-order valence-corrected chi connectivity index (χ4v) is 2.42. The van der Waals surface area contributed by atoms with E-state index in [2.05, 4.69) is 10.5 Å². The van der Waals surface area contributed by atoms with Gasteiger partial charge in [-0.25, -0.2) is 0 Å². The number of carboxylic acids is 1. The highest BCUT2D eigenvalue weighted by molar-refractivity contribution is 6.29. The smallest absolute Gasteiger partial charge is 0.303 e. The lowest BCUT2D eigenvalue weighted by Crippen LogP contribution is -2.12. The molecule has 1 amide bonds. The standard InChI is InChI=1S/C16H17ClN2O4/c1-10-13(16(17)23-19-10)6-7-14(20)18-12-4-2-3-11(9-12)5-8-15(21)22/h2-4,9H,5-8H2,1H3,(H,18,20)(H,21,22). The minimum atomic E-state index is -0.847. The van der Waals surface area contributed by atoms with E-state index in [1.54, 1.807) is 25.1 Å². The predicted molar refractivity (Wildman–Crippen MR) is 85.6 cm³/mol. The number of amides is 1. The lowest BCUT2D eigenvalue weighted by atomic mass is 10.1. The van der Waals surface area contributed by atoms with Gasteiger partial charge in [0.15, 0.2) is 0 Å². The number of aliphatic carboxylic acids is 1. The summed E-state index contributed by atoms with van der Waals surface area (Å²) in [6.07, 6.45) is 1.18. The molecule has 122 valence electrons. The molecule has 23 heavy (non-hydrogen) atoms. The van der Waals surface area contributed by atoms with Crippen molar-refractivity contribution in [1.82, 2.24) is 5.16 Å². The van der Waals surface area contributed by atoms with Crippen molar-refractivity contribution < 1.29 is 19.2 Å². The fourth-order valence-electron chi connectivity index (χ4n) is 2.16. The molecule has 0 unspecified atom stereocenters. The van der Waals surface area contributed by atoms with Crippen molar-refractivity contribution in [2.24, 2.45) is 0 Å². The van der Waals surface area contributed by atoms with Crippen molar-refractivity contribution in [2.75, 3.05) is 5.32 Å². The van der Waals surface area contributed by atoms with Gasteiger partial charge in [0.25, 0.3) is 0 Å². The van der Waals surface area contributed by atoms with Crippen LogP contribution in [-0.2, 0) is 22.4 Å². The van der Waals surface area contributed by atoms with Crippen LogP contribution in [0.4, 0.5) is 5.69 Å². The number of carbonyl (C=O) groups is 2. The molecule has 1 aromatic carbocycles. The van der Waals surface area contributed by atoms with Crippen molar-refractivity contribution in [2.45, 2.75) is 32.6 Å². The minimum Gasteiger partial charge on any atom is -0.481 e. The maximum atomic E-state index is 12.0. The van der Waals surface area contributed by atoms with Gasteiger partial charge in [-0.2, -0.15) is 0 Å². The number of nitrogens with zero attached hydrogens (tertiary/aromatic N) is 1. The van der Waals surface area contributed by atoms with Crippen LogP contribution in [0.1, 0.15) is 29.7 Å². The first-order chi connectivity index (χ1) is 11.0. The third kappa shape index (κ3) is 5.10. The number of benzene rings is 1. The van der Waals surface area contributed by atoms with E-state index in [1.165, 1.54) is 0 Å². The Hall–Kier alpha value is -2.34. The van der Waals surface area contributed by atoms with Gasteiger partial charge in [-0.05, 0) is 49.1 Å². The van der Waals surface area contributed by atoms with Gasteiger partial charge in [-0.1, -0.05) is 17.3 Å². The quantitative estimate of drug-likeness (QED) is 0.809. The third-order valence-electron chi connectivity index (χ3n) is 3.38. The number of hydrogen-bond donors (Lipinski definition) is 2. The number of aromatic nitrogens is 1. The summed E-state index contributed by atoms with van der Waals surface area (Å²) in [6.45, 7) is 1.77. The van der Waals surface area contributed by atoms with E-state index in [0.29, 0.717) is 24.2 Å². The summed E-state index contributed by atoms with van der Waals surface area (Å²) >= 11 is 5.86. The Morgan fingerprint density at radius 3 is 2.74 bits per heavy atom. The molecule has 1 heterocycles. The van der Waals surface area contributed by atoms with Gasteiger partial charge < -0.3 is 14.9 Å². The van der Waals surface area contributed by atoms with Crippen LogP contribution in [0, 0.1) is 6.92 Å². The van der Waals surface area contributed by atoms with Crippen molar-refractivity contribution >= 4 is 29.2 Å². The Balaban J connectivity index is 1.90. The van der Waals surface area contributed by atoms with E-state index in [-0.39, 0.29) is 24.0 Å². The molecule has 0 fully saturated rings. The molecule has 0 atom stereocenters. The molecule has 0 radical (unpaired) electrons. The molecule has 0 spiro atoms. The minimum absolute atomic E-state index is 0.0582. The molecular weight excluding hydrogens is 320 g/mol. The van der Waals surface area contributed by atoms with Gasteiger partial charge in [0.2, 0.25) is 11.1 Å². The summed E-state index contributed by atoms with van der Waals surface area (Å²) in [4.78, 5) is 22.6. The number of carbonyl (C=O) groups excluding carboxylic acids is 1. The summed E-state index contributed by atoms with van der Waals surface area (Å²) in [5.41, 5.74) is 2.92. The molecule has 7 heteroatoms. The number of carboxylic acid groups (broad SMARTS) is 1. The van der Waals surface area contributed by atoms with Crippen molar-refractivity contribution in [3.05, 3.63) is 46.3 Å². The number of hydrogen-bond acceptors (Lipinski definition) is 4. The number of anilines is 1. The lowest BCUT2D eigenvalue weighted by Gasteiger charge is -2.07. The summed E-state index contributed by atoms with van der Waals surface area (Å²) in [6, 6.07) is 7.16. The first kappa shape index (κ1) is 17.0. The zero-order valence-electron chi connectivity index (χ0n) is 12.6. The molecule has 2 rings (SSSR count). The SMILES string of the molecule is Cc1noc(Cl)c1CCC(=O)Nc1cccc(CCC(=O)O)c1. The molecule has 0 saturated heterocycles. The van der Waals surface area contributed by atoms with E-state index in [1.807, 2.05) is 6.07 Å². The second-order valence-corrected chi connectivity index (χ2v) is 5.51. The Morgan fingerprint density at radius 2 is 2.09 bits per heavy atom.